The molecule has 2 N–H and O–H groups in total. The summed E-state index contributed by atoms with van der Waals surface area (Å²) in [5.41, 5.74) is -0.0644. The highest BCUT2D eigenvalue weighted by Gasteiger charge is 2.34. The van der Waals surface area contributed by atoms with Gasteiger partial charge < -0.3 is 15.2 Å². The van der Waals surface area contributed by atoms with Crippen LogP contribution < -0.4 is 5.32 Å². The molecule has 0 aromatic rings. The zero-order valence-electron chi connectivity index (χ0n) is 13.8. The summed E-state index contributed by atoms with van der Waals surface area (Å²) in [7, 11) is 1.76. The van der Waals surface area contributed by atoms with E-state index in [0.29, 0.717) is 12.1 Å². The standard InChI is InChI=1S/C16H34N2O2/c1-5-16(13-19,17-15-8-9-15)10-7-11-18(6-2)14(3)12-20-4/h14-15,17,19H,5-13H2,1-4H3. The number of nitrogens with one attached hydrogen (secondary N) is 1. The highest BCUT2D eigenvalue weighted by molar-refractivity contribution is 4.94. The van der Waals surface area contributed by atoms with E-state index in [-0.39, 0.29) is 12.1 Å². The molecule has 2 atom stereocenters. The molecule has 0 aromatic heterocycles. The number of ether oxygens (including phenoxy) is 1. The molecule has 0 saturated heterocycles. The minimum absolute atomic E-state index is 0.0644. The third-order valence-electron chi connectivity index (χ3n) is 4.61. The molecule has 1 aliphatic rings. The van der Waals surface area contributed by atoms with Crippen LogP contribution in [0.25, 0.3) is 0 Å². The SMILES string of the molecule is CCN(CCCC(CC)(CO)NC1CC1)C(C)COC. The van der Waals surface area contributed by atoms with Gasteiger partial charge in [-0.25, -0.2) is 0 Å². The van der Waals surface area contributed by atoms with Crippen molar-refractivity contribution in [1.82, 2.24) is 10.2 Å². The fraction of sp³-hybridized carbons (Fsp3) is 1.00. The number of rotatable bonds is 12. The molecular formula is C16H34N2O2. The van der Waals surface area contributed by atoms with Gasteiger partial charge in [0.05, 0.1) is 13.2 Å². The number of likely N-dealkylation sites (N-methyl/N-ethyl adjacent to an activating group) is 1. The van der Waals surface area contributed by atoms with Crippen LogP contribution in [0, 0.1) is 0 Å². The molecule has 1 rings (SSSR count). The molecule has 0 bridgehead atoms. The molecule has 0 radical (unpaired) electrons. The first-order chi connectivity index (χ1) is 9.60. The molecule has 0 aromatic carbocycles. The van der Waals surface area contributed by atoms with Crippen molar-refractivity contribution in [3.05, 3.63) is 0 Å². The van der Waals surface area contributed by atoms with Crippen LogP contribution in [-0.4, -0.2) is 61.0 Å². The fourth-order valence-electron chi connectivity index (χ4n) is 2.91. The summed E-state index contributed by atoms with van der Waals surface area (Å²) >= 11 is 0. The topological polar surface area (TPSA) is 44.7 Å². The average Bonchev–Trinajstić information content (AvgIpc) is 3.26. The lowest BCUT2D eigenvalue weighted by Gasteiger charge is -2.34. The molecule has 20 heavy (non-hydrogen) atoms. The fourth-order valence-corrected chi connectivity index (χ4v) is 2.91. The van der Waals surface area contributed by atoms with Gasteiger partial charge in [-0.1, -0.05) is 13.8 Å². The van der Waals surface area contributed by atoms with Gasteiger partial charge >= 0.3 is 0 Å². The Morgan fingerprint density at radius 1 is 1.40 bits per heavy atom. The molecule has 0 aliphatic heterocycles. The predicted octanol–water partition coefficient (Wildman–Crippen LogP) is 2.02. The lowest BCUT2D eigenvalue weighted by atomic mass is 9.90. The van der Waals surface area contributed by atoms with Gasteiger partial charge in [-0.2, -0.15) is 0 Å². The second kappa shape index (κ2) is 8.98. The van der Waals surface area contributed by atoms with Crippen molar-refractivity contribution in [3.8, 4) is 0 Å². The highest BCUT2D eigenvalue weighted by Crippen LogP contribution is 2.27. The number of aliphatic hydroxyl groups is 1. The quantitative estimate of drug-likeness (QED) is 0.576. The summed E-state index contributed by atoms with van der Waals surface area (Å²) in [6.45, 7) is 9.76. The van der Waals surface area contributed by atoms with E-state index in [1.54, 1.807) is 7.11 Å². The summed E-state index contributed by atoms with van der Waals surface area (Å²) in [6, 6.07) is 1.11. The second-order valence-corrected chi connectivity index (χ2v) is 6.25. The van der Waals surface area contributed by atoms with Crippen LogP contribution in [0.3, 0.4) is 0 Å². The van der Waals surface area contributed by atoms with E-state index >= 15 is 0 Å². The minimum Gasteiger partial charge on any atom is -0.394 e. The Bertz CT molecular complexity index is 253. The smallest absolute Gasteiger partial charge is 0.0615 e. The zero-order valence-corrected chi connectivity index (χ0v) is 13.8. The summed E-state index contributed by atoms with van der Waals surface area (Å²) in [5, 5.41) is 13.4. The first-order valence-electron chi connectivity index (χ1n) is 8.22. The highest BCUT2D eigenvalue weighted by atomic mass is 16.5. The van der Waals surface area contributed by atoms with Crippen molar-refractivity contribution in [3.63, 3.8) is 0 Å². The number of hydrogen-bond donors (Lipinski definition) is 2. The number of nitrogens with zero attached hydrogens (tertiary/aromatic N) is 1. The van der Waals surface area contributed by atoms with Crippen LogP contribution in [0.2, 0.25) is 0 Å². The zero-order chi connectivity index (χ0) is 15.0. The molecule has 2 unspecified atom stereocenters. The Morgan fingerprint density at radius 3 is 2.55 bits per heavy atom. The number of hydrogen-bond acceptors (Lipinski definition) is 4. The Morgan fingerprint density at radius 2 is 2.10 bits per heavy atom. The van der Waals surface area contributed by atoms with E-state index in [9.17, 15) is 5.11 Å². The third-order valence-corrected chi connectivity index (χ3v) is 4.61. The lowest BCUT2D eigenvalue weighted by Crippen LogP contribution is -2.49. The Kier molecular flexibility index (Phi) is 8.03. The molecule has 1 saturated carbocycles. The van der Waals surface area contributed by atoms with Crippen LogP contribution in [-0.2, 0) is 4.74 Å². The van der Waals surface area contributed by atoms with E-state index in [2.05, 4.69) is 31.0 Å². The summed E-state index contributed by atoms with van der Waals surface area (Å²) < 4.78 is 5.24. The maximum atomic E-state index is 9.77. The van der Waals surface area contributed by atoms with Crippen molar-refractivity contribution in [1.29, 1.82) is 0 Å². The molecular weight excluding hydrogens is 252 g/mol. The van der Waals surface area contributed by atoms with Crippen LogP contribution >= 0.6 is 0 Å². The van der Waals surface area contributed by atoms with Gasteiger partial charge in [-0.15, -0.1) is 0 Å². The molecule has 0 heterocycles. The number of methoxy groups -OCH3 is 1. The van der Waals surface area contributed by atoms with E-state index in [0.717, 1.165) is 39.0 Å². The van der Waals surface area contributed by atoms with Crippen molar-refractivity contribution >= 4 is 0 Å². The van der Waals surface area contributed by atoms with Crippen molar-refractivity contribution in [2.75, 3.05) is 33.4 Å². The molecule has 4 nitrogen and oxygen atoms in total. The van der Waals surface area contributed by atoms with Gasteiger partial charge in [0.15, 0.2) is 0 Å². The van der Waals surface area contributed by atoms with Crippen LogP contribution in [0.4, 0.5) is 0 Å². The van der Waals surface area contributed by atoms with Gasteiger partial charge in [0, 0.05) is 24.7 Å². The molecule has 1 fully saturated rings. The molecule has 120 valence electrons. The maximum absolute atomic E-state index is 9.77. The molecule has 0 spiro atoms. The predicted molar refractivity (Wildman–Crippen MR) is 84.1 cm³/mol. The van der Waals surface area contributed by atoms with Gasteiger partial charge in [0.25, 0.3) is 0 Å². The summed E-state index contributed by atoms with van der Waals surface area (Å²) in [6.07, 6.45) is 5.71. The van der Waals surface area contributed by atoms with E-state index < -0.39 is 0 Å². The third kappa shape index (κ3) is 5.68. The molecule has 4 heteroatoms. The first kappa shape index (κ1) is 17.9. The van der Waals surface area contributed by atoms with Crippen LogP contribution in [0.1, 0.15) is 52.9 Å². The maximum Gasteiger partial charge on any atom is 0.0615 e. The Labute approximate surface area is 124 Å². The van der Waals surface area contributed by atoms with Gasteiger partial charge in [0.1, 0.15) is 0 Å². The van der Waals surface area contributed by atoms with Gasteiger partial charge in [0.2, 0.25) is 0 Å². The van der Waals surface area contributed by atoms with E-state index in [1.807, 2.05) is 0 Å². The van der Waals surface area contributed by atoms with Crippen molar-refractivity contribution in [2.24, 2.45) is 0 Å². The lowest BCUT2D eigenvalue weighted by molar-refractivity contribution is 0.0938. The second-order valence-electron chi connectivity index (χ2n) is 6.25. The normalized spacial score (nSPS) is 20.1. The Balaban J connectivity index is 2.37. The largest absolute Gasteiger partial charge is 0.394 e. The molecule has 0 amide bonds. The molecule has 1 aliphatic carbocycles. The minimum atomic E-state index is -0.0644. The van der Waals surface area contributed by atoms with Gasteiger partial charge in [-0.3, -0.25) is 4.90 Å². The summed E-state index contributed by atoms with van der Waals surface area (Å²) in [5.74, 6) is 0. The van der Waals surface area contributed by atoms with Gasteiger partial charge in [-0.05, 0) is 52.1 Å². The Hall–Kier alpha value is -0.160. The van der Waals surface area contributed by atoms with Crippen molar-refractivity contribution < 1.29 is 9.84 Å². The first-order valence-corrected chi connectivity index (χ1v) is 8.22. The van der Waals surface area contributed by atoms with Crippen LogP contribution in [0.5, 0.6) is 0 Å². The average molecular weight is 286 g/mol. The van der Waals surface area contributed by atoms with Crippen molar-refractivity contribution in [2.45, 2.75) is 70.5 Å². The van der Waals surface area contributed by atoms with Crippen LogP contribution in [0.15, 0.2) is 0 Å². The monoisotopic (exact) mass is 286 g/mol. The number of aliphatic hydroxyl groups excluding tert-OH is 1. The summed E-state index contributed by atoms with van der Waals surface area (Å²) in [4.78, 5) is 2.46. The van der Waals surface area contributed by atoms with E-state index in [4.69, 9.17) is 4.74 Å². The van der Waals surface area contributed by atoms with E-state index in [1.165, 1.54) is 12.8 Å².